The highest BCUT2D eigenvalue weighted by atomic mass is 16.2. The van der Waals surface area contributed by atoms with Crippen LogP contribution in [0.1, 0.15) is 52.4 Å². The third-order valence-corrected chi connectivity index (χ3v) is 4.74. The molecule has 0 aliphatic carbocycles. The number of hydrogen-bond donors (Lipinski definition) is 3. The predicted molar refractivity (Wildman–Crippen MR) is 107 cm³/mol. The van der Waals surface area contributed by atoms with E-state index in [9.17, 15) is 14.4 Å². The first-order valence-corrected chi connectivity index (χ1v) is 9.42. The van der Waals surface area contributed by atoms with Crippen LogP contribution in [0.4, 0.5) is 11.5 Å². The number of anilines is 2. The van der Waals surface area contributed by atoms with Gasteiger partial charge in [-0.1, -0.05) is 13.3 Å². The zero-order valence-electron chi connectivity index (χ0n) is 16.4. The topological polar surface area (TPSA) is 107 Å². The third kappa shape index (κ3) is 4.05. The Hall–Kier alpha value is -3.16. The summed E-state index contributed by atoms with van der Waals surface area (Å²) in [6.07, 6.45) is 3.05. The molecule has 1 saturated heterocycles. The van der Waals surface area contributed by atoms with E-state index in [2.05, 4.69) is 20.6 Å². The van der Waals surface area contributed by atoms with E-state index in [1.165, 1.54) is 6.92 Å². The van der Waals surface area contributed by atoms with Crippen molar-refractivity contribution in [1.82, 2.24) is 15.3 Å². The van der Waals surface area contributed by atoms with Crippen LogP contribution in [0.2, 0.25) is 0 Å². The number of H-pyrrole nitrogens is 1. The van der Waals surface area contributed by atoms with Crippen molar-refractivity contribution < 1.29 is 14.4 Å². The zero-order chi connectivity index (χ0) is 20.3. The van der Waals surface area contributed by atoms with E-state index in [1.54, 1.807) is 25.3 Å². The number of piperazine rings is 1. The minimum atomic E-state index is -0.300. The van der Waals surface area contributed by atoms with Gasteiger partial charge in [0.2, 0.25) is 5.91 Å². The Morgan fingerprint density at radius 3 is 2.71 bits per heavy atom. The summed E-state index contributed by atoms with van der Waals surface area (Å²) >= 11 is 0. The van der Waals surface area contributed by atoms with Crippen LogP contribution in [0, 0.1) is 6.92 Å². The minimum absolute atomic E-state index is 0.0303. The molecule has 28 heavy (non-hydrogen) atoms. The highest BCUT2D eigenvalue weighted by Gasteiger charge is 2.22. The molecule has 0 spiro atoms. The molecule has 1 aliphatic heterocycles. The fraction of sp³-hybridized carbons (Fsp3) is 0.400. The molecule has 8 nitrogen and oxygen atoms in total. The van der Waals surface area contributed by atoms with Gasteiger partial charge < -0.3 is 20.5 Å². The summed E-state index contributed by atoms with van der Waals surface area (Å²) in [7, 11) is 0. The highest BCUT2D eigenvalue weighted by Crippen LogP contribution is 2.23. The van der Waals surface area contributed by atoms with Crippen LogP contribution in [0.3, 0.4) is 0 Å². The summed E-state index contributed by atoms with van der Waals surface area (Å²) < 4.78 is 0. The fourth-order valence-corrected chi connectivity index (χ4v) is 3.52. The maximum absolute atomic E-state index is 12.8. The molecule has 0 radical (unpaired) electrons. The first-order chi connectivity index (χ1) is 13.4. The molecule has 1 aliphatic rings. The summed E-state index contributed by atoms with van der Waals surface area (Å²) in [5.41, 5.74) is 3.03. The smallest absolute Gasteiger partial charge is 0.272 e. The van der Waals surface area contributed by atoms with Crippen LogP contribution in [0.5, 0.6) is 0 Å². The number of nitrogens with one attached hydrogen (secondary N) is 3. The molecule has 0 aromatic carbocycles. The molecule has 3 heterocycles. The molecule has 2 amide bonds. The molecule has 0 saturated carbocycles. The van der Waals surface area contributed by atoms with E-state index < -0.39 is 0 Å². The average molecular weight is 383 g/mol. The summed E-state index contributed by atoms with van der Waals surface area (Å²) in [5, 5.41) is 5.61. The summed E-state index contributed by atoms with van der Waals surface area (Å²) in [4.78, 5) is 45.6. The van der Waals surface area contributed by atoms with Crippen LogP contribution in [0.15, 0.2) is 18.3 Å². The Balaban J connectivity index is 1.77. The van der Waals surface area contributed by atoms with Crippen LogP contribution >= 0.6 is 0 Å². The molecule has 148 valence electrons. The molecular formula is C20H25N5O3. The van der Waals surface area contributed by atoms with Crippen molar-refractivity contribution in [2.45, 2.75) is 33.6 Å². The van der Waals surface area contributed by atoms with Crippen LogP contribution in [0.25, 0.3) is 0 Å². The van der Waals surface area contributed by atoms with Crippen molar-refractivity contribution in [2.75, 3.05) is 29.9 Å². The van der Waals surface area contributed by atoms with Gasteiger partial charge in [-0.05, 0) is 38.0 Å². The van der Waals surface area contributed by atoms with Gasteiger partial charge in [0.25, 0.3) is 5.91 Å². The van der Waals surface area contributed by atoms with E-state index in [0.717, 1.165) is 12.0 Å². The average Bonchev–Trinajstić information content (AvgIpc) is 2.99. The molecule has 0 unspecified atom stereocenters. The van der Waals surface area contributed by atoms with E-state index in [-0.39, 0.29) is 24.1 Å². The lowest BCUT2D eigenvalue weighted by atomic mass is 10.0. The molecule has 0 atom stereocenters. The van der Waals surface area contributed by atoms with E-state index >= 15 is 0 Å². The first-order valence-electron chi connectivity index (χ1n) is 9.42. The number of aryl methyl sites for hydroxylation is 1. The summed E-state index contributed by atoms with van der Waals surface area (Å²) in [6.45, 7) is 6.88. The van der Waals surface area contributed by atoms with Crippen molar-refractivity contribution in [3.63, 3.8) is 0 Å². The maximum Gasteiger partial charge on any atom is 0.272 e. The molecule has 3 rings (SSSR count). The quantitative estimate of drug-likeness (QED) is 0.662. The Morgan fingerprint density at radius 2 is 2.11 bits per heavy atom. The number of carbonyl (C=O) groups excluding carboxylic acids is 3. The second-order valence-electron chi connectivity index (χ2n) is 6.92. The second-order valence-corrected chi connectivity index (χ2v) is 6.92. The largest absolute Gasteiger partial charge is 0.354 e. The summed E-state index contributed by atoms with van der Waals surface area (Å²) in [5.74, 6) is 0.310. The molecule has 1 fully saturated rings. The van der Waals surface area contributed by atoms with E-state index in [0.29, 0.717) is 48.0 Å². The summed E-state index contributed by atoms with van der Waals surface area (Å²) in [6, 6.07) is 3.54. The molecule has 2 aromatic rings. The Labute approximate surface area is 163 Å². The number of amides is 2. The van der Waals surface area contributed by atoms with Crippen LogP contribution < -0.4 is 15.5 Å². The third-order valence-electron chi connectivity index (χ3n) is 4.74. The lowest BCUT2D eigenvalue weighted by molar-refractivity contribution is -0.120. The molecule has 2 aromatic heterocycles. The lowest BCUT2D eigenvalue weighted by Crippen LogP contribution is -2.48. The Bertz CT molecular complexity index is 901. The van der Waals surface area contributed by atoms with Crippen LogP contribution in [-0.2, 0) is 11.2 Å². The fourth-order valence-electron chi connectivity index (χ4n) is 3.52. The van der Waals surface area contributed by atoms with Gasteiger partial charge >= 0.3 is 0 Å². The number of ketones is 1. The van der Waals surface area contributed by atoms with Gasteiger partial charge in [-0.2, -0.15) is 0 Å². The second kappa shape index (κ2) is 8.24. The van der Waals surface area contributed by atoms with Gasteiger partial charge in [-0.15, -0.1) is 0 Å². The van der Waals surface area contributed by atoms with Crippen molar-refractivity contribution in [3.05, 3.63) is 40.8 Å². The van der Waals surface area contributed by atoms with E-state index in [4.69, 9.17) is 0 Å². The zero-order valence-corrected chi connectivity index (χ0v) is 16.4. The van der Waals surface area contributed by atoms with Gasteiger partial charge in [-0.25, -0.2) is 4.98 Å². The number of pyridine rings is 1. The van der Waals surface area contributed by atoms with Crippen molar-refractivity contribution in [2.24, 2.45) is 0 Å². The van der Waals surface area contributed by atoms with E-state index in [1.807, 2.05) is 11.8 Å². The number of aromatic nitrogens is 2. The van der Waals surface area contributed by atoms with Crippen molar-refractivity contribution >= 4 is 29.1 Å². The number of Topliss-reactive ketones (excluding diaryl/α,β-unsaturated/α-hetero) is 1. The molecule has 0 bridgehead atoms. The number of rotatable bonds is 6. The highest BCUT2D eigenvalue weighted by molar-refractivity contribution is 6.07. The van der Waals surface area contributed by atoms with Crippen molar-refractivity contribution in [1.29, 1.82) is 0 Å². The van der Waals surface area contributed by atoms with Gasteiger partial charge in [0.1, 0.15) is 11.5 Å². The lowest BCUT2D eigenvalue weighted by Gasteiger charge is -2.27. The van der Waals surface area contributed by atoms with Gasteiger partial charge in [0.15, 0.2) is 5.78 Å². The Morgan fingerprint density at radius 1 is 1.32 bits per heavy atom. The van der Waals surface area contributed by atoms with Gasteiger partial charge in [-0.3, -0.25) is 14.4 Å². The molecule has 8 heteroatoms. The maximum atomic E-state index is 12.8. The predicted octanol–water partition coefficient (Wildman–Crippen LogP) is 2.06. The molecule has 3 N–H and O–H groups in total. The monoisotopic (exact) mass is 383 g/mol. The Kier molecular flexibility index (Phi) is 5.77. The van der Waals surface area contributed by atoms with Gasteiger partial charge in [0, 0.05) is 24.3 Å². The number of carbonyl (C=O) groups is 3. The van der Waals surface area contributed by atoms with Crippen molar-refractivity contribution in [3.8, 4) is 0 Å². The SMILES string of the molecule is CCCc1c(C(=O)Nc2ccc(N3CCNC(=O)C3)nc2)[nH]c(C)c1C(C)=O. The normalized spacial score (nSPS) is 14.0. The number of nitrogens with zero attached hydrogens (tertiary/aromatic N) is 2. The number of hydrogen-bond acceptors (Lipinski definition) is 5. The molecular weight excluding hydrogens is 358 g/mol. The standard InChI is InChI=1S/C20H25N5O3/c1-4-5-15-18(13(3)26)12(2)23-19(15)20(28)24-14-6-7-16(22-10-14)25-9-8-21-17(27)11-25/h6-7,10,23H,4-5,8-9,11H2,1-3H3,(H,21,27)(H,24,28). The van der Waals surface area contributed by atoms with Gasteiger partial charge in [0.05, 0.1) is 18.4 Å². The first kappa shape index (κ1) is 19.6. The number of aromatic amines is 1. The minimum Gasteiger partial charge on any atom is -0.354 e. The van der Waals surface area contributed by atoms with Crippen LogP contribution in [-0.4, -0.2) is 47.2 Å².